The van der Waals surface area contributed by atoms with E-state index in [0.29, 0.717) is 29.6 Å². The molecule has 0 aliphatic carbocycles. The van der Waals surface area contributed by atoms with Crippen LogP contribution in [0, 0.1) is 0 Å². The van der Waals surface area contributed by atoms with Gasteiger partial charge in [-0.1, -0.05) is 29.8 Å². The van der Waals surface area contributed by atoms with Crippen LogP contribution in [0.5, 0.6) is 11.5 Å². The lowest BCUT2D eigenvalue weighted by Gasteiger charge is -2.10. The maximum absolute atomic E-state index is 12.4. The zero-order valence-electron chi connectivity index (χ0n) is 17.7. The minimum Gasteiger partial charge on any atom is -0.494 e. The fourth-order valence-corrected chi connectivity index (χ4v) is 3.80. The van der Waals surface area contributed by atoms with Gasteiger partial charge < -0.3 is 13.9 Å². The molecule has 0 aliphatic heterocycles. The van der Waals surface area contributed by atoms with Crippen molar-refractivity contribution in [1.29, 1.82) is 0 Å². The van der Waals surface area contributed by atoms with Crippen LogP contribution in [0.1, 0.15) is 28.6 Å². The molecule has 0 unspecified atom stereocenters. The number of nitrogens with one attached hydrogen (secondary N) is 1. The molecule has 6 nitrogen and oxygen atoms in total. The van der Waals surface area contributed by atoms with Crippen molar-refractivity contribution >= 4 is 50.6 Å². The Hall–Kier alpha value is -3.29. The number of hydrogen-bond acceptors (Lipinski definition) is 5. The van der Waals surface area contributed by atoms with E-state index in [9.17, 15) is 4.79 Å². The smallest absolute Gasteiger partial charge is 0.307 e. The Bertz CT molecular complexity index is 1320. The molecule has 4 rings (SSSR count). The molecule has 8 heteroatoms. The number of halogens is 2. The zero-order chi connectivity index (χ0) is 23.2. The van der Waals surface area contributed by atoms with Gasteiger partial charge in [-0.15, -0.1) is 0 Å². The molecule has 4 aromatic rings. The molecule has 1 heterocycles. The van der Waals surface area contributed by atoms with E-state index in [1.165, 1.54) is 6.21 Å². The SMILES string of the molecule is CCOc1ccc2oc(C(=O)N/N=C/c3ccc(OCc4ccccc4Cl)c(Br)c3)cc2c1. The molecular formula is C25H20BrClN2O4. The van der Waals surface area contributed by atoms with Crippen molar-refractivity contribution in [3.63, 3.8) is 0 Å². The van der Waals surface area contributed by atoms with Crippen LogP contribution in [0.4, 0.5) is 0 Å². The normalized spacial score (nSPS) is 11.1. The van der Waals surface area contributed by atoms with E-state index in [2.05, 4.69) is 26.5 Å². The minimum absolute atomic E-state index is 0.167. The first-order valence-electron chi connectivity index (χ1n) is 10.2. The van der Waals surface area contributed by atoms with Crippen LogP contribution in [0.25, 0.3) is 11.0 Å². The second-order valence-electron chi connectivity index (χ2n) is 7.01. The Morgan fingerprint density at radius 3 is 2.76 bits per heavy atom. The largest absolute Gasteiger partial charge is 0.494 e. The van der Waals surface area contributed by atoms with Crippen molar-refractivity contribution < 1.29 is 18.7 Å². The van der Waals surface area contributed by atoms with Crippen molar-refractivity contribution in [2.45, 2.75) is 13.5 Å². The zero-order valence-corrected chi connectivity index (χ0v) is 20.0. The molecule has 0 aliphatic rings. The average Bonchev–Trinajstić information content (AvgIpc) is 3.23. The fraction of sp³-hybridized carbons (Fsp3) is 0.120. The van der Waals surface area contributed by atoms with Gasteiger partial charge in [0.2, 0.25) is 0 Å². The molecule has 1 amide bonds. The number of nitrogens with zero attached hydrogens (tertiary/aromatic N) is 1. The Morgan fingerprint density at radius 1 is 1.12 bits per heavy atom. The molecule has 0 saturated heterocycles. The van der Waals surface area contributed by atoms with E-state index < -0.39 is 5.91 Å². The van der Waals surface area contributed by atoms with Crippen LogP contribution in [-0.4, -0.2) is 18.7 Å². The predicted molar refractivity (Wildman–Crippen MR) is 132 cm³/mol. The number of hydrogen-bond donors (Lipinski definition) is 1. The molecule has 0 spiro atoms. The van der Waals surface area contributed by atoms with Gasteiger partial charge in [0, 0.05) is 16.0 Å². The minimum atomic E-state index is -0.445. The third-order valence-electron chi connectivity index (χ3n) is 4.70. The van der Waals surface area contributed by atoms with Crippen LogP contribution in [0.3, 0.4) is 0 Å². The molecule has 1 N–H and O–H groups in total. The summed E-state index contributed by atoms with van der Waals surface area (Å²) < 4.78 is 17.7. The predicted octanol–water partition coefficient (Wildman–Crippen LogP) is 6.59. The van der Waals surface area contributed by atoms with Gasteiger partial charge in [-0.25, -0.2) is 5.43 Å². The molecule has 0 bridgehead atoms. The first kappa shape index (κ1) is 22.9. The maximum atomic E-state index is 12.4. The van der Waals surface area contributed by atoms with Gasteiger partial charge in [0.25, 0.3) is 0 Å². The van der Waals surface area contributed by atoms with E-state index in [0.717, 1.165) is 26.7 Å². The summed E-state index contributed by atoms with van der Waals surface area (Å²) in [7, 11) is 0. The van der Waals surface area contributed by atoms with Gasteiger partial charge in [0.1, 0.15) is 23.7 Å². The third kappa shape index (κ3) is 5.74. The molecule has 1 aromatic heterocycles. The lowest BCUT2D eigenvalue weighted by Crippen LogP contribution is -2.16. The second kappa shape index (κ2) is 10.6. The Balaban J connectivity index is 1.37. The Kier molecular flexibility index (Phi) is 7.32. The van der Waals surface area contributed by atoms with E-state index in [1.54, 1.807) is 18.2 Å². The van der Waals surface area contributed by atoms with Gasteiger partial charge >= 0.3 is 5.91 Å². The van der Waals surface area contributed by atoms with Gasteiger partial charge in [0.05, 0.1) is 17.3 Å². The molecule has 0 saturated carbocycles. The number of ether oxygens (including phenoxy) is 2. The summed E-state index contributed by atoms with van der Waals surface area (Å²) in [5.41, 5.74) is 4.76. The van der Waals surface area contributed by atoms with Crippen molar-refractivity contribution in [2.24, 2.45) is 5.10 Å². The topological polar surface area (TPSA) is 73.1 Å². The number of carbonyl (C=O) groups is 1. The summed E-state index contributed by atoms with van der Waals surface area (Å²) in [5, 5.41) is 5.47. The summed E-state index contributed by atoms with van der Waals surface area (Å²) in [6.45, 7) is 2.83. The lowest BCUT2D eigenvalue weighted by atomic mass is 10.2. The summed E-state index contributed by atoms with van der Waals surface area (Å²) in [5.74, 6) is 1.12. The van der Waals surface area contributed by atoms with Crippen LogP contribution < -0.4 is 14.9 Å². The van der Waals surface area contributed by atoms with Crippen LogP contribution in [0.2, 0.25) is 5.02 Å². The highest BCUT2D eigenvalue weighted by atomic mass is 79.9. The van der Waals surface area contributed by atoms with Crippen molar-refractivity contribution in [3.05, 3.63) is 93.1 Å². The monoisotopic (exact) mass is 526 g/mol. The quantitative estimate of drug-likeness (QED) is 0.207. The van der Waals surface area contributed by atoms with E-state index in [-0.39, 0.29) is 5.76 Å². The van der Waals surface area contributed by atoms with E-state index in [4.69, 9.17) is 25.5 Å². The molecule has 0 radical (unpaired) electrons. The van der Waals surface area contributed by atoms with Gasteiger partial charge in [-0.05, 0) is 76.9 Å². The molecule has 33 heavy (non-hydrogen) atoms. The number of fused-ring (bicyclic) bond motifs is 1. The van der Waals surface area contributed by atoms with Crippen molar-refractivity contribution in [2.75, 3.05) is 6.61 Å². The van der Waals surface area contributed by atoms with Gasteiger partial charge in [-0.2, -0.15) is 5.10 Å². The number of amides is 1. The first-order valence-corrected chi connectivity index (χ1v) is 11.4. The number of hydrazone groups is 1. The van der Waals surface area contributed by atoms with Gasteiger partial charge in [0.15, 0.2) is 5.76 Å². The van der Waals surface area contributed by atoms with Crippen molar-refractivity contribution in [3.8, 4) is 11.5 Å². The summed E-state index contributed by atoms with van der Waals surface area (Å²) in [4.78, 5) is 12.4. The molecule has 3 aromatic carbocycles. The van der Waals surface area contributed by atoms with E-state index >= 15 is 0 Å². The number of rotatable bonds is 8. The summed E-state index contributed by atoms with van der Waals surface area (Å²) in [6, 6.07) is 20.1. The lowest BCUT2D eigenvalue weighted by molar-refractivity contribution is 0.0929. The van der Waals surface area contributed by atoms with Crippen LogP contribution in [0.15, 0.2) is 80.7 Å². The highest BCUT2D eigenvalue weighted by Crippen LogP contribution is 2.27. The van der Waals surface area contributed by atoms with Crippen LogP contribution >= 0.6 is 27.5 Å². The summed E-state index contributed by atoms with van der Waals surface area (Å²) in [6.07, 6.45) is 1.54. The number of furan rings is 1. The summed E-state index contributed by atoms with van der Waals surface area (Å²) >= 11 is 9.67. The van der Waals surface area contributed by atoms with Crippen molar-refractivity contribution in [1.82, 2.24) is 5.43 Å². The standard InChI is InChI=1S/C25H20BrClN2O4/c1-2-31-19-8-10-22-18(12-19)13-24(33-22)25(30)29-28-14-16-7-9-23(20(26)11-16)32-15-17-5-3-4-6-21(17)27/h3-14H,2,15H2,1H3,(H,29,30)/b28-14+. The third-order valence-corrected chi connectivity index (χ3v) is 5.69. The van der Waals surface area contributed by atoms with Crippen LogP contribution in [-0.2, 0) is 6.61 Å². The van der Waals surface area contributed by atoms with Gasteiger partial charge in [-0.3, -0.25) is 4.79 Å². The molecule has 168 valence electrons. The molecule has 0 fully saturated rings. The molecular weight excluding hydrogens is 508 g/mol. The number of benzene rings is 3. The second-order valence-corrected chi connectivity index (χ2v) is 8.27. The fourth-order valence-electron chi connectivity index (χ4n) is 3.10. The highest BCUT2D eigenvalue weighted by molar-refractivity contribution is 9.10. The average molecular weight is 528 g/mol. The highest BCUT2D eigenvalue weighted by Gasteiger charge is 2.12. The number of carbonyl (C=O) groups excluding carboxylic acids is 1. The maximum Gasteiger partial charge on any atom is 0.307 e. The Morgan fingerprint density at radius 2 is 1.97 bits per heavy atom. The first-order chi connectivity index (χ1) is 16.0. The molecule has 0 atom stereocenters. The van der Waals surface area contributed by atoms with E-state index in [1.807, 2.05) is 55.5 Å². The Labute approximate surface area is 204 Å².